The van der Waals surface area contributed by atoms with E-state index in [0.29, 0.717) is 79.6 Å². The maximum absolute atomic E-state index is 12.7. The van der Waals surface area contributed by atoms with Crippen molar-refractivity contribution < 1.29 is 34.1 Å². The largest absolute Gasteiger partial charge is 0.390 e. The third-order valence-corrected chi connectivity index (χ3v) is 14.8. The van der Waals surface area contributed by atoms with Crippen molar-refractivity contribution >= 4 is 104 Å². The smallest absolute Gasteiger partial charge is 0.229 e. The zero-order valence-electron chi connectivity index (χ0n) is 43.9. The number of aliphatic hydroxyl groups is 3. The number of halogens is 4. The van der Waals surface area contributed by atoms with Crippen LogP contribution >= 0.6 is 34.8 Å². The van der Waals surface area contributed by atoms with Gasteiger partial charge in [0.05, 0.1) is 36.1 Å². The number of rotatable bonds is 14. The van der Waals surface area contributed by atoms with Gasteiger partial charge in [0.15, 0.2) is 16.9 Å². The summed E-state index contributed by atoms with van der Waals surface area (Å²) < 4.78 is 18.5. The third kappa shape index (κ3) is 13.3. The van der Waals surface area contributed by atoms with Gasteiger partial charge in [-0.1, -0.05) is 48.7 Å². The standard InChI is InChI=1S/C18H25ClN4O2.C17H25ClN4O2.C16H20ClFN4O2/c1-5-18(4,25)10-13(24)21-16-20-12-9-11(2)14(19)22-15(12)23(16)17(3)7-6-8-17;1-7-17(6,24)9-12(23)20-15-19-11-8-10(2)13(18)21-14(11)22(15)16(3,4)5;1-15(6-3-7-15)22-13-10(4-5-11(17)20-13)19-14(22)21-12(23)8-16(2,24)9-18/h9,25H,5-8,10H2,1-4H3,(H,20,21,24);8,24H,7,9H2,1-6H3,(H,19,20,23);4-5,24H,3,6-9H2,1-2H3,(H,19,21,23). The quantitative estimate of drug-likeness (QED) is 0.0559. The van der Waals surface area contributed by atoms with E-state index in [-0.39, 0.29) is 47.7 Å². The van der Waals surface area contributed by atoms with E-state index in [1.807, 2.05) is 74.3 Å². The van der Waals surface area contributed by atoms with Crippen LogP contribution in [0.3, 0.4) is 0 Å². The predicted octanol–water partition coefficient (Wildman–Crippen LogP) is 10.5. The molecule has 2 fully saturated rings. The number of fused-ring (bicyclic) bond motifs is 3. The van der Waals surface area contributed by atoms with Crippen molar-refractivity contribution in [2.75, 3.05) is 22.6 Å². The molecule has 0 aliphatic heterocycles. The normalized spacial score (nSPS) is 17.4. The molecule has 18 nitrogen and oxygen atoms in total. The fraction of sp³-hybridized carbons (Fsp3) is 0.588. The first kappa shape index (κ1) is 57.2. The van der Waals surface area contributed by atoms with Crippen molar-refractivity contribution in [1.29, 1.82) is 0 Å². The van der Waals surface area contributed by atoms with E-state index in [1.54, 1.807) is 26.0 Å². The lowest BCUT2D eigenvalue weighted by Crippen LogP contribution is -2.39. The molecule has 22 heteroatoms. The van der Waals surface area contributed by atoms with Crippen LogP contribution in [0.1, 0.15) is 151 Å². The van der Waals surface area contributed by atoms with Crippen molar-refractivity contribution in [2.24, 2.45) is 0 Å². The number of alkyl halides is 1. The Hall–Kier alpha value is -5.05. The Morgan fingerprint density at radius 3 is 1.40 bits per heavy atom. The van der Waals surface area contributed by atoms with Crippen LogP contribution in [-0.4, -0.2) is 100 Å². The molecule has 3 unspecified atom stereocenters. The molecule has 2 aliphatic carbocycles. The van der Waals surface area contributed by atoms with Crippen molar-refractivity contribution in [3.05, 3.63) is 50.9 Å². The first-order chi connectivity index (χ1) is 33.8. The first-order valence-electron chi connectivity index (χ1n) is 24.6. The number of nitrogens with one attached hydrogen (secondary N) is 3. The molecule has 2 aliphatic rings. The van der Waals surface area contributed by atoms with Crippen molar-refractivity contribution in [1.82, 2.24) is 43.6 Å². The van der Waals surface area contributed by atoms with Gasteiger partial charge in [-0.15, -0.1) is 0 Å². The minimum atomic E-state index is -1.69. The molecule has 3 amide bonds. The average Bonchev–Trinajstić information content (AvgIpc) is 3.91. The highest BCUT2D eigenvalue weighted by Gasteiger charge is 2.40. The highest BCUT2D eigenvalue weighted by Crippen LogP contribution is 2.44. The Labute approximate surface area is 440 Å². The Morgan fingerprint density at radius 1 is 0.603 bits per heavy atom. The number of nitrogens with zero attached hydrogens (tertiary/aromatic N) is 9. The molecule has 73 heavy (non-hydrogen) atoms. The Balaban J connectivity index is 0.000000179. The monoisotopic (exact) mass is 1070 g/mol. The van der Waals surface area contributed by atoms with Gasteiger partial charge in [0.2, 0.25) is 35.6 Å². The third-order valence-electron chi connectivity index (χ3n) is 13.8. The van der Waals surface area contributed by atoms with Gasteiger partial charge in [-0.05, 0) is 156 Å². The highest BCUT2D eigenvalue weighted by molar-refractivity contribution is 6.31. The summed E-state index contributed by atoms with van der Waals surface area (Å²) in [7, 11) is 0. The van der Waals surface area contributed by atoms with Crippen LogP contribution in [0, 0.1) is 13.8 Å². The second-order valence-corrected chi connectivity index (χ2v) is 23.1. The van der Waals surface area contributed by atoms with Gasteiger partial charge >= 0.3 is 0 Å². The molecule has 6 N–H and O–H groups in total. The summed E-state index contributed by atoms with van der Waals surface area (Å²) in [6.07, 6.45) is 6.78. The van der Waals surface area contributed by atoms with Crippen LogP contribution in [0.15, 0.2) is 24.3 Å². The lowest BCUT2D eigenvalue weighted by atomic mass is 9.78. The summed E-state index contributed by atoms with van der Waals surface area (Å²) in [5, 5.41) is 39.6. The molecule has 0 radical (unpaired) electrons. The van der Waals surface area contributed by atoms with Crippen molar-refractivity contribution in [2.45, 2.75) is 187 Å². The minimum Gasteiger partial charge on any atom is -0.390 e. The van der Waals surface area contributed by atoms with Crippen LogP contribution in [0.2, 0.25) is 15.5 Å². The minimum absolute atomic E-state index is 0.00403. The molecule has 0 spiro atoms. The maximum atomic E-state index is 12.7. The molecule has 6 heterocycles. The van der Waals surface area contributed by atoms with Gasteiger partial charge in [-0.25, -0.2) is 34.3 Å². The lowest BCUT2D eigenvalue weighted by molar-refractivity contribution is -0.122. The van der Waals surface area contributed by atoms with Gasteiger partial charge in [0.25, 0.3) is 0 Å². The fourth-order valence-corrected chi connectivity index (χ4v) is 9.08. The number of pyridine rings is 3. The zero-order chi connectivity index (χ0) is 54.2. The van der Waals surface area contributed by atoms with E-state index < -0.39 is 29.4 Å². The number of carbonyl (C=O) groups excluding carboxylic acids is 3. The van der Waals surface area contributed by atoms with Crippen molar-refractivity contribution in [3.63, 3.8) is 0 Å². The van der Waals surface area contributed by atoms with Crippen LogP contribution < -0.4 is 16.0 Å². The number of hydrogen-bond donors (Lipinski definition) is 6. The molecule has 6 aromatic rings. The van der Waals surface area contributed by atoms with Gasteiger partial charge in [-0.3, -0.25) is 44.0 Å². The molecule has 8 rings (SSSR count). The van der Waals surface area contributed by atoms with Crippen LogP contribution in [0.5, 0.6) is 0 Å². The Bertz CT molecular complexity index is 2990. The van der Waals surface area contributed by atoms with Crippen LogP contribution in [-0.2, 0) is 31.0 Å². The first-order valence-corrected chi connectivity index (χ1v) is 25.8. The predicted molar refractivity (Wildman–Crippen MR) is 285 cm³/mol. The molecule has 398 valence electrons. The molecular weight excluding hydrogens is 1000 g/mol. The van der Waals surface area contributed by atoms with Gasteiger partial charge in [0, 0.05) is 16.6 Å². The van der Waals surface area contributed by atoms with Gasteiger partial charge in [-0.2, -0.15) is 0 Å². The number of aromatic nitrogens is 9. The average molecular weight is 1070 g/mol. The summed E-state index contributed by atoms with van der Waals surface area (Å²) in [5.41, 5.74) is 1.17. The number of amides is 3. The van der Waals surface area contributed by atoms with E-state index in [4.69, 9.17) is 34.8 Å². The van der Waals surface area contributed by atoms with Crippen LogP contribution in [0.4, 0.5) is 22.2 Å². The van der Waals surface area contributed by atoms with Gasteiger partial charge in [0.1, 0.15) is 38.7 Å². The molecular formula is C51H70Cl3FN12O6. The second kappa shape index (κ2) is 21.7. The Kier molecular flexibility index (Phi) is 17.0. The van der Waals surface area contributed by atoms with E-state index in [9.17, 15) is 34.1 Å². The van der Waals surface area contributed by atoms with E-state index in [1.165, 1.54) is 6.92 Å². The second-order valence-electron chi connectivity index (χ2n) is 22.0. The topological polar surface area (TPSA) is 240 Å². The summed E-state index contributed by atoms with van der Waals surface area (Å²) in [6.45, 7) is 21.3. The molecule has 6 aromatic heterocycles. The fourth-order valence-electron chi connectivity index (χ4n) is 8.67. The molecule has 0 saturated heterocycles. The molecule has 2 saturated carbocycles. The van der Waals surface area contributed by atoms with E-state index in [0.717, 1.165) is 49.7 Å². The van der Waals surface area contributed by atoms with Gasteiger partial charge < -0.3 is 15.3 Å². The molecule has 0 aromatic carbocycles. The summed E-state index contributed by atoms with van der Waals surface area (Å²) >= 11 is 18.4. The summed E-state index contributed by atoms with van der Waals surface area (Å²) in [6, 6.07) is 7.13. The molecule has 3 atom stereocenters. The summed E-state index contributed by atoms with van der Waals surface area (Å²) in [4.78, 5) is 63.7. The number of aryl methyl sites for hydroxylation is 2. The van der Waals surface area contributed by atoms with E-state index >= 15 is 0 Å². The SMILES string of the molecule is CC(O)(CF)CC(=O)Nc1nc2ccc(Cl)nc2n1C1(C)CCC1.CCC(C)(O)CC(=O)Nc1nc2cc(C)c(Cl)nc2n1C(C)(C)C.CCC(C)(O)CC(=O)Nc1nc2cc(C)c(Cl)nc2n1C1(C)CCC1. The van der Waals surface area contributed by atoms with Crippen molar-refractivity contribution in [3.8, 4) is 0 Å². The summed E-state index contributed by atoms with van der Waals surface area (Å²) in [5.74, 6) is 0.191. The van der Waals surface area contributed by atoms with E-state index in [2.05, 4.69) is 59.7 Å². The number of imidazole rings is 3. The Morgan fingerprint density at radius 2 is 0.986 bits per heavy atom. The highest BCUT2D eigenvalue weighted by atomic mass is 35.5. The zero-order valence-corrected chi connectivity index (χ0v) is 46.2. The molecule has 0 bridgehead atoms. The number of carbonyl (C=O) groups is 3. The number of hydrogen-bond acceptors (Lipinski definition) is 12. The number of anilines is 3. The van der Waals surface area contributed by atoms with Crippen LogP contribution in [0.25, 0.3) is 33.5 Å². The maximum Gasteiger partial charge on any atom is 0.229 e. The lowest BCUT2D eigenvalue weighted by Gasteiger charge is -2.40.